The summed E-state index contributed by atoms with van der Waals surface area (Å²) in [5.74, 6) is 0.728. The summed E-state index contributed by atoms with van der Waals surface area (Å²) in [6, 6.07) is 30.2. The third kappa shape index (κ3) is 3.57. The molecule has 1 nitrogen and oxygen atoms in total. The normalized spacial score (nSPS) is 17.4. The first kappa shape index (κ1) is 19.1. The molecule has 1 aliphatic heterocycles. The van der Waals surface area contributed by atoms with Gasteiger partial charge in [-0.15, -0.1) is 0 Å². The molecular formula is C28H25NS. The first-order valence-electron chi connectivity index (χ1n) is 10.6. The molecule has 0 aromatic heterocycles. The zero-order chi connectivity index (χ0) is 20.5. The fourth-order valence-corrected chi connectivity index (χ4v) is 5.53. The van der Waals surface area contributed by atoms with E-state index in [0.29, 0.717) is 11.8 Å². The number of aliphatic imine (C=N–C) groups is 1. The van der Waals surface area contributed by atoms with Crippen molar-refractivity contribution in [2.75, 3.05) is 0 Å². The maximum absolute atomic E-state index is 5.08. The van der Waals surface area contributed by atoms with E-state index in [2.05, 4.69) is 105 Å². The van der Waals surface area contributed by atoms with Crippen LogP contribution in [0.1, 0.15) is 43.2 Å². The highest BCUT2D eigenvalue weighted by Gasteiger charge is 2.29. The summed E-state index contributed by atoms with van der Waals surface area (Å²) >= 11 is 1.89. The molecule has 2 atom stereocenters. The van der Waals surface area contributed by atoms with Gasteiger partial charge in [0.25, 0.3) is 0 Å². The second-order valence-electron chi connectivity index (χ2n) is 8.08. The van der Waals surface area contributed by atoms with E-state index in [1.54, 1.807) is 0 Å². The van der Waals surface area contributed by atoms with Crippen molar-refractivity contribution in [1.82, 2.24) is 0 Å². The van der Waals surface area contributed by atoms with Gasteiger partial charge in [0.2, 0.25) is 0 Å². The Morgan fingerprint density at radius 1 is 0.733 bits per heavy atom. The minimum Gasteiger partial charge on any atom is -0.247 e. The van der Waals surface area contributed by atoms with Gasteiger partial charge in [-0.25, -0.2) is 4.99 Å². The summed E-state index contributed by atoms with van der Waals surface area (Å²) in [6.07, 6.45) is 3.34. The van der Waals surface area contributed by atoms with E-state index in [1.165, 1.54) is 32.1 Å². The zero-order valence-electron chi connectivity index (χ0n) is 17.4. The van der Waals surface area contributed by atoms with Gasteiger partial charge in [0.15, 0.2) is 0 Å². The molecule has 0 N–H and O–H groups in total. The van der Waals surface area contributed by atoms with Gasteiger partial charge in [-0.1, -0.05) is 104 Å². The molecule has 0 saturated carbocycles. The number of benzene rings is 3. The lowest BCUT2D eigenvalue weighted by Crippen LogP contribution is -2.17. The molecule has 2 heteroatoms. The lowest BCUT2D eigenvalue weighted by molar-refractivity contribution is 0.783. The second kappa shape index (κ2) is 8.12. The summed E-state index contributed by atoms with van der Waals surface area (Å²) in [4.78, 5) is 7.68. The highest BCUT2D eigenvalue weighted by Crippen LogP contribution is 2.48. The monoisotopic (exact) mass is 407 g/mol. The number of thioether (sulfide) groups is 1. The van der Waals surface area contributed by atoms with Crippen LogP contribution in [0.25, 0.3) is 0 Å². The van der Waals surface area contributed by atoms with Gasteiger partial charge in [-0.05, 0) is 41.3 Å². The molecule has 2 unspecified atom stereocenters. The third-order valence-electron chi connectivity index (χ3n) is 6.24. The number of rotatable bonds is 4. The van der Waals surface area contributed by atoms with Gasteiger partial charge in [-0.2, -0.15) is 0 Å². The van der Waals surface area contributed by atoms with Gasteiger partial charge in [0, 0.05) is 21.6 Å². The van der Waals surface area contributed by atoms with E-state index in [9.17, 15) is 0 Å². The van der Waals surface area contributed by atoms with Crippen molar-refractivity contribution in [1.29, 1.82) is 0 Å². The van der Waals surface area contributed by atoms with Crippen LogP contribution in [0.2, 0.25) is 0 Å². The summed E-state index contributed by atoms with van der Waals surface area (Å²) in [6.45, 7) is 4.66. The standard InChI is InChI=1S/C28H25NS/c1-19(21-11-5-3-6-12-21)23-17-24(20(2)22-13-7-4-8-14-22)28-26(18-23)29-25-15-9-10-16-27(25)30-28/h3-16,18-20H,17H2,1-2H3. The number of allylic oxidation sites excluding steroid dienone is 4. The average Bonchev–Trinajstić information content (AvgIpc) is 2.82. The van der Waals surface area contributed by atoms with Crippen molar-refractivity contribution in [2.24, 2.45) is 4.99 Å². The summed E-state index contributed by atoms with van der Waals surface area (Å²) < 4.78 is 0. The molecule has 0 saturated heterocycles. The van der Waals surface area contributed by atoms with Gasteiger partial charge < -0.3 is 0 Å². The lowest BCUT2D eigenvalue weighted by atomic mass is 9.79. The molecule has 1 heterocycles. The lowest BCUT2D eigenvalue weighted by Gasteiger charge is -2.31. The summed E-state index contributed by atoms with van der Waals surface area (Å²) in [5, 5.41) is 0. The third-order valence-corrected chi connectivity index (χ3v) is 7.48. The van der Waals surface area contributed by atoms with Crippen LogP contribution in [0.4, 0.5) is 5.69 Å². The second-order valence-corrected chi connectivity index (χ2v) is 9.13. The van der Waals surface area contributed by atoms with Crippen molar-refractivity contribution < 1.29 is 0 Å². The van der Waals surface area contributed by atoms with Crippen LogP contribution in [0.15, 0.2) is 117 Å². The number of fused-ring (bicyclic) bond motifs is 2. The number of hydrogen-bond donors (Lipinski definition) is 0. The van der Waals surface area contributed by atoms with Crippen LogP contribution in [-0.2, 0) is 0 Å². The SMILES string of the molecule is CC(C1=CC2=Nc3ccccc3SC2=C(C(C)c2ccccc2)C1)c1ccccc1. The number of para-hydroxylation sites is 1. The maximum atomic E-state index is 5.08. The minimum atomic E-state index is 0.357. The fourth-order valence-electron chi connectivity index (χ4n) is 4.36. The predicted octanol–water partition coefficient (Wildman–Crippen LogP) is 8.06. The molecule has 2 aliphatic rings. The quantitative estimate of drug-likeness (QED) is 0.426. The van der Waals surface area contributed by atoms with Crippen LogP contribution in [0.3, 0.4) is 0 Å². The fraction of sp³-hybridized carbons (Fsp3) is 0.179. The Bertz CT molecular complexity index is 1160. The Kier molecular flexibility index (Phi) is 5.18. The average molecular weight is 408 g/mol. The molecule has 0 bridgehead atoms. The van der Waals surface area contributed by atoms with E-state index in [1.807, 2.05) is 11.8 Å². The molecular weight excluding hydrogens is 382 g/mol. The van der Waals surface area contributed by atoms with Crippen LogP contribution < -0.4 is 0 Å². The molecule has 3 aromatic rings. The van der Waals surface area contributed by atoms with E-state index in [4.69, 9.17) is 4.99 Å². The Hall–Kier alpha value is -2.84. The van der Waals surface area contributed by atoms with E-state index >= 15 is 0 Å². The molecule has 0 fully saturated rings. The molecule has 1 aliphatic carbocycles. The van der Waals surface area contributed by atoms with Crippen molar-refractivity contribution in [3.05, 3.63) is 118 Å². The van der Waals surface area contributed by atoms with Crippen molar-refractivity contribution in [3.8, 4) is 0 Å². The van der Waals surface area contributed by atoms with Crippen LogP contribution in [0, 0.1) is 0 Å². The highest BCUT2D eigenvalue weighted by molar-refractivity contribution is 8.04. The predicted molar refractivity (Wildman–Crippen MR) is 129 cm³/mol. The van der Waals surface area contributed by atoms with Gasteiger partial charge in [0.05, 0.1) is 11.4 Å². The first-order chi connectivity index (χ1) is 14.7. The summed E-state index contributed by atoms with van der Waals surface area (Å²) in [7, 11) is 0. The smallest absolute Gasteiger partial charge is 0.0776 e. The van der Waals surface area contributed by atoms with E-state index in [0.717, 1.165) is 17.8 Å². The molecule has 0 amide bonds. The summed E-state index contributed by atoms with van der Waals surface area (Å²) in [5.41, 5.74) is 7.87. The van der Waals surface area contributed by atoms with E-state index in [-0.39, 0.29) is 0 Å². The Balaban J connectivity index is 1.61. The largest absolute Gasteiger partial charge is 0.247 e. The Morgan fingerprint density at radius 2 is 1.33 bits per heavy atom. The Morgan fingerprint density at radius 3 is 2.03 bits per heavy atom. The van der Waals surface area contributed by atoms with Gasteiger partial charge >= 0.3 is 0 Å². The topological polar surface area (TPSA) is 12.4 Å². The zero-order valence-corrected chi connectivity index (χ0v) is 18.2. The molecule has 30 heavy (non-hydrogen) atoms. The molecule has 5 rings (SSSR count). The minimum absolute atomic E-state index is 0.357. The highest BCUT2D eigenvalue weighted by atomic mass is 32.2. The molecule has 0 radical (unpaired) electrons. The Labute approximate surface area is 183 Å². The maximum Gasteiger partial charge on any atom is 0.0776 e. The number of nitrogens with zero attached hydrogens (tertiary/aromatic N) is 1. The number of hydrogen-bond acceptors (Lipinski definition) is 2. The van der Waals surface area contributed by atoms with Gasteiger partial charge in [-0.3, -0.25) is 0 Å². The molecule has 148 valence electrons. The van der Waals surface area contributed by atoms with Crippen molar-refractivity contribution >= 4 is 23.2 Å². The van der Waals surface area contributed by atoms with E-state index < -0.39 is 0 Å². The van der Waals surface area contributed by atoms with Crippen molar-refractivity contribution in [2.45, 2.75) is 37.0 Å². The first-order valence-corrected chi connectivity index (χ1v) is 11.4. The van der Waals surface area contributed by atoms with Crippen LogP contribution in [-0.4, -0.2) is 5.71 Å². The van der Waals surface area contributed by atoms with Crippen LogP contribution in [0.5, 0.6) is 0 Å². The van der Waals surface area contributed by atoms with Crippen LogP contribution >= 0.6 is 11.8 Å². The molecule has 0 spiro atoms. The van der Waals surface area contributed by atoms with Gasteiger partial charge in [0.1, 0.15) is 0 Å². The van der Waals surface area contributed by atoms with Crippen molar-refractivity contribution in [3.63, 3.8) is 0 Å². The molecule has 3 aromatic carbocycles.